The maximum absolute atomic E-state index is 12.6. The van der Waals surface area contributed by atoms with Crippen LogP contribution in [0.4, 0.5) is 6.01 Å². The molecule has 0 aliphatic carbocycles. The Kier molecular flexibility index (Phi) is 12.2. The van der Waals surface area contributed by atoms with Crippen molar-refractivity contribution in [2.24, 2.45) is 0 Å². The van der Waals surface area contributed by atoms with E-state index in [0.717, 1.165) is 24.2 Å². The molecule has 42 heavy (non-hydrogen) atoms. The minimum atomic E-state index is -0.739. The zero-order valence-electron chi connectivity index (χ0n) is 24.7. The van der Waals surface area contributed by atoms with Crippen molar-refractivity contribution in [1.29, 1.82) is 0 Å². The minimum absolute atomic E-state index is 0.104. The number of nitrogens with one attached hydrogen (secondary N) is 2. The number of unbranched alkanes of at least 4 members (excludes halogenated alkanes) is 3. The van der Waals surface area contributed by atoms with E-state index < -0.39 is 6.10 Å². The number of hydrogen-bond donors (Lipinski definition) is 3. The Morgan fingerprint density at radius 1 is 0.929 bits per heavy atom. The molecule has 1 amide bonds. The molecule has 1 aromatic heterocycles. The van der Waals surface area contributed by atoms with Crippen molar-refractivity contribution in [3.63, 3.8) is 0 Å². The summed E-state index contributed by atoms with van der Waals surface area (Å²) in [4.78, 5) is 17.2. The number of amides is 1. The zero-order chi connectivity index (χ0) is 29.6. The number of hydrogen-bond acceptors (Lipinski definition) is 6. The average Bonchev–Trinajstić information content (AvgIpc) is 3.48. The Bertz CT molecular complexity index is 1350. The van der Waals surface area contributed by atoms with E-state index in [1.807, 2.05) is 30.3 Å². The molecule has 4 aromatic rings. The van der Waals surface area contributed by atoms with Gasteiger partial charge in [-0.1, -0.05) is 87.7 Å². The molecule has 0 saturated heterocycles. The first-order valence-corrected chi connectivity index (χ1v) is 15.1. The second-order valence-corrected chi connectivity index (χ2v) is 10.6. The Labute approximate surface area is 249 Å². The summed E-state index contributed by atoms with van der Waals surface area (Å²) in [6.45, 7) is 6.08. The maximum atomic E-state index is 12.6. The number of carbonyl (C=O) groups excluding carboxylic acids is 1. The number of oxazole rings is 1. The molecule has 1 heterocycles. The SMILES string of the molecule is CCCCCCOc1ccc(C[C@@H](c2coc(NC(=O)c3ccccc3)n2)[C@@H](O)CNCc2cccc(CC)c2)cc1. The highest BCUT2D eigenvalue weighted by molar-refractivity contribution is 6.03. The average molecular weight is 570 g/mol. The van der Waals surface area contributed by atoms with Crippen LogP contribution in [0.15, 0.2) is 89.5 Å². The second kappa shape index (κ2) is 16.5. The zero-order valence-corrected chi connectivity index (χ0v) is 24.7. The first kappa shape index (κ1) is 31.0. The molecule has 7 heteroatoms. The Morgan fingerprint density at radius 2 is 1.71 bits per heavy atom. The molecule has 0 aliphatic heterocycles. The molecule has 0 bridgehead atoms. The van der Waals surface area contributed by atoms with Crippen LogP contribution in [0.5, 0.6) is 5.75 Å². The van der Waals surface area contributed by atoms with Gasteiger partial charge in [0.25, 0.3) is 5.91 Å². The van der Waals surface area contributed by atoms with Crippen LogP contribution in [0.3, 0.4) is 0 Å². The van der Waals surface area contributed by atoms with E-state index in [2.05, 4.69) is 53.7 Å². The van der Waals surface area contributed by atoms with Crippen LogP contribution < -0.4 is 15.4 Å². The first-order chi connectivity index (χ1) is 20.6. The van der Waals surface area contributed by atoms with Gasteiger partial charge in [-0.2, -0.15) is 4.98 Å². The Hall–Kier alpha value is -3.94. The lowest BCUT2D eigenvalue weighted by molar-refractivity contribution is 0.102. The Morgan fingerprint density at radius 3 is 2.48 bits per heavy atom. The molecule has 0 aliphatic rings. The summed E-state index contributed by atoms with van der Waals surface area (Å²) in [6.07, 6.45) is 6.97. The minimum Gasteiger partial charge on any atom is -0.494 e. The quantitative estimate of drug-likeness (QED) is 0.119. The number of carbonyl (C=O) groups is 1. The first-order valence-electron chi connectivity index (χ1n) is 15.1. The molecular weight excluding hydrogens is 526 g/mol. The summed E-state index contributed by atoms with van der Waals surface area (Å²) in [7, 11) is 0. The molecule has 3 aromatic carbocycles. The van der Waals surface area contributed by atoms with Crippen LogP contribution in [0, 0.1) is 0 Å². The highest BCUT2D eigenvalue weighted by Gasteiger charge is 2.25. The van der Waals surface area contributed by atoms with Gasteiger partial charge in [0.2, 0.25) is 0 Å². The van der Waals surface area contributed by atoms with Gasteiger partial charge in [-0.05, 0) is 60.2 Å². The largest absolute Gasteiger partial charge is 0.494 e. The van der Waals surface area contributed by atoms with E-state index in [4.69, 9.17) is 9.15 Å². The van der Waals surface area contributed by atoms with E-state index in [0.29, 0.717) is 37.4 Å². The smallest absolute Gasteiger partial charge is 0.301 e. The van der Waals surface area contributed by atoms with Gasteiger partial charge < -0.3 is 19.6 Å². The maximum Gasteiger partial charge on any atom is 0.301 e. The van der Waals surface area contributed by atoms with Gasteiger partial charge in [-0.3, -0.25) is 10.1 Å². The number of anilines is 1. The number of rotatable bonds is 17. The van der Waals surface area contributed by atoms with Crippen LogP contribution in [-0.2, 0) is 19.4 Å². The van der Waals surface area contributed by atoms with Crippen molar-refractivity contribution in [1.82, 2.24) is 10.3 Å². The van der Waals surface area contributed by atoms with Gasteiger partial charge in [-0.25, -0.2) is 0 Å². The predicted molar refractivity (Wildman–Crippen MR) is 167 cm³/mol. The lowest BCUT2D eigenvalue weighted by Crippen LogP contribution is -2.32. The normalized spacial score (nSPS) is 12.5. The highest BCUT2D eigenvalue weighted by atomic mass is 16.5. The molecule has 3 N–H and O–H groups in total. The number of benzene rings is 3. The van der Waals surface area contributed by atoms with Gasteiger partial charge >= 0.3 is 6.01 Å². The lowest BCUT2D eigenvalue weighted by Gasteiger charge is -2.22. The molecule has 7 nitrogen and oxygen atoms in total. The molecule has 2 atom stereocenters. The van der Waals surface area contributed by atoms with E-state index in [1.165, 1.54) is 36.7 Å². The van der Waals surface area contributed by atoms with E-state index in [-0.39, 0.29) is 17.8 Å². The summed E-state index contributed by atoms with van der Waals surface area (Å²) in [5.74, 6) is 0.185. The van der Waals surface area contributed by atoms with Crippen LogP contribution >= 0.6 is 0 Å². The molecule has 0 fully saturated rings. The molecule has 222 valence electrons. The van der Waals surface area contributed by atoms with Crippen molar-refractivity contribution in [2.75, 3.05) is 18.5 Å². The summed E-state index contributed by atoms with van der Waals surface area (Å²) < 4.78 is 11.5. The standard InChI is InChI=1S/C35H43N3O4/c1-3-5-6-10-20-41-30-18-16-27(17-19-30)22-31(33(39)24-36-23-28-13-11-12-26(4-2)21-28)32-25-42-35(37-32)38-34(40)29-14-8-7-9-15-29/h7-9,11-19,21,25,31,33,36,39H,3-6,10,20,22-24H2,1-2H3,(H,37,38,40)/t31-,33-/m0/s1. The van der Waals surface area contributed by atoms with E-state index in [9.17, 15) is 9.90 Å². The highest BCUT2D eigenvalue weighted by Crippen LogP contribution is 2.27. The predicted octanol–water partition coefficient (Wildman–Crippen LogP) is 6.93. The summed E-state index contributed by atoms with van der Waals surface area (Å²) in [5, 5.41) is 17.5. The van der Waals surface area contributed by atoms with Crippen molar-refractivity contribution in [2.45, 2.75) is 70.9 Å². The third kappa shape index (κ3) is 9.57. The van der Waals surface area contributed by atoms with E-state index >= 15 is 0 Å². The molecule has 0 unspecified atom stereocenters. The van der Waals surface area contributed by atoms with Crippen LogP contribution in [0.25, 0.3) is 0 Å². The lowest BCUT2D eigenvalue weighted by atomic mass is 9.91. The summed E-state index contributed by atoms with van der Waals surface area (Å²) in [5.41, 5.74) is 4.60. The van der Waals surface area contributed by atoms with Gasteiger partial charge in [0.15, 0.2) is 0 Å². The van der Waals surface area contributed by atoms with Gasteiger partial charge in [-0.15, -0.1) is 0 Å². The van der Waals surface area contributed by atoms with E-state index in [1.54, 1.807) is 24.3 Å². The van der Waals surface area contributed by atoms with Crippen LogP contribution in [0.1, 0.15) is 78.2 Å². The topological polar surface area (TPSA) is 96.6 Å². The van der Waals surface area contributed by atoms with Crippen LogP contribution in [0.2, 0.25) is 0 Å². The summed E-state index contributed by atoms with van der Waals surface area (Å²) in [6, 6.07) is 25.5. The number of aliphatic hydroxyl groups is 1. The summed E-state index contributed by atoms with van der Waals surface area (Å²) >= 11 is 0. The Balaban J connectivity index is 1.42. The fourth-order valence-corrected chi connectivity index (χ4v) is 4.87. The molecular formula is C35H43N3O4. The number of aromatic nitrogens is 1. The van der Waals surface area contributed by atoms with Crippen molar-refractivity contribution in [3.05, 3.63) is 113 Å². The third-order valence-corrected chi connectivity index (χ3v) is 7.35. The molecule has 0 saturated carbocycles. The van der Waals surface area contributed by atoms with Crippen molar-refractivity contribution < 1.29 is 19.1 Å². The van der Waals surface area contributed by atoms with Crippen LogP contribution in [-0.4, -0.2) is 35.3 Å². The van der Waals surface area contributed by atoms with Gasteiger partial charge in [0.1, 0.15) is 12.0 Å². The fourth-order valence-electron chi connectivity index (χ4n) is 4.87. The monoisotopic (exact) mass is 569 g/mol. The van der Waals surface area contributed by atoms with Gasteiger partial charge in [0, 0.05) is 24.6 Å². The molecule has 0 spiro atoms. The fraction of sp³-hybridized carbons (Fsp3) is 0.371. The number of aliphatic hydroxyl groups excluding tert-OH is 1. The van der Waals surface area contributed by atoms with Crippen molar-refractivity contribution >= 4 is 11.9 Å². The number of aryl methyl sites for hydroxylation is 1. The number of ether oxygens (including phenoxy) is 1. The molecule has 0 radical (unpaired) electrons. The molecule has 4 rings (SSSR count). The van der Waals surface area contributed by atoms with Crippen molar-refractivity contribution in [3.8, 4) is 5.75 Å². The number of nitrogens with zero attached hydrogens (tertiary/aromatic N) is 1. The van der Waals surface area contributed by atoms with Gasteiger partial charge in [0.05, 0.1) is 18.4 Å². The third-order valence-electron chi connectivity index (χ3n) is 7.35. The second-order valence-electron chi connectivity index (χ2n) is 10.6.